The van der Waals surface area contributed by atoms with Gasteiger partial charge in [0, 0.05) is 56.6 Å². The number of likely N-dealkylation sites (tertiary alicyclic amines) is 1. The minimum atomic E-state index is -0.0201. The molecule has 1 aliphatic rings. The number of carbonyl (C=O) groups excluding carboxylic acids is 1. The molecule has 1 fully saturated rings. The van der Waals surface area contributed by atoms with Crippen molar-refractivity contribution < 1.29 is 4.79 Å². The Kier molecular flexibility index (Phi) is 5.24. The van der Waals surface area contributed by atoms with Crippen molar-refractivity contribution in [3.05, 3.63) is 52.7 Å². The van der Waals surface area contributed by atoms with E-state index in [2.05, 4.69) is 20.9 Å². The lowest BCUT2D eigenvalue weighted by Gasteiger charge is -2.31. The van der Waals surface area contributed by atoms with Crippen LogP contribution in [0.2, 0.25) is 0 Å². The van der Waals surface area contributed by atoms with Gasteiger partial charge >= 0.3 is 0 Å². The number of carbonyl (C=O) groups is 1. The van der Waals surface area contributed by atoms with Crippen molar-refractivity contribution in [1.82, 2.24) is 24.3 Å². The third-order valence-electron chi connectivity index (χ3n) is 5.83. The summed E-state index contributed by atoms with van der Waals surface area (Å²) in [5, 5.41) is 1.08. The Morgan fingerprint density at radius 2 is 2.00 bits per heavy atom. The van der Waals surface area contributed by atoms with Crippen LogP contribution in [0.15, 0.2) is 41.5 Å². The zero-order chi connectivity index (χ0) is 20.5. The van der Waals surface area contributed by atoms with Gasteiger partial charge in [0.25, 0.3) is 0 Å². The van der Waals surface area contributed by atoms with Crippen LogP contribution in [0.25, 0.3) is 22.2 Å². The highest BCUT2D eigenvalue weighted by molar-refractivity contribution is 5.93. The number of aromatic nitrogens is 3. The molecule has 0 radical (unpaired) electrons. The summed E-state index contributed by atoms with van der Waals surface area (Å²) in [6.07, 6.45) is 5.70. The molecule has 152 valence electrons. The molecule has 3 aromatic rings. The van der Waals surface area contributed by atoms with Gasteiger partial charge in [-0.3, -0.25) is 14.5 Å². The molecule has 1 amide bonds. The summed E-state index contributed by atoms with van der Waals surface area (Å²) < 4.78 is 1.60. The van der Waals surface area contributed by atoms with E-state index in [0.717, 1.165) is 48.1 Å². The van der Waals surface area contributed by atoms with E-state index in [0.29, 0.717) is 12.5 Å². The molecule has 0 spiro atoms. The molecule has 4 heterocycles. The fourth-order valence-electron chi connectivity index (χ4n) is 4.01. The van der Waals surface area contributed by atoms with Gasteiger partial charge in [-0.15, -0.1) is 0 Å². The first kappa shape index (κ1) is 19.4. The second-order valence-electron chi connectivity index (χ2n) is 8.05. The van der Waals surface area contributed by atoms with Crippen LogP contribution >= 0.6 is 0 Å². The first-order valence-corrected chi connectivity index (χ1v) is 9.99. The highest BCUT2D eigenvalue weighted by Crippen LogP contribution is 2.33. The van der Waals surface area contributed by atoms with Crippen molar-refractivity contribution in [2.75, 3.05) is 33.7 Å². The van der Waals surface area contributed by atoms with E-state index in [-0.39, 0.29) is 11.5 Å². The quantitative estimate of drug-likeness (QED) is 0.737. The average molecular weight is 393 g/mol. The molecule has 7 nitrogen and oxygen atoms in total. The van der Waals surface area contributed by atoms with Gasteiger partial charge in [0.1, 0.15) is 5.65 Å². The number of hydrogen-bond donors (Lipinski definition) is 1. The number of rotatable bonds is 4. The van der Waals surface area contributed by atoms with Crippen LogP contribution in [0.3, 0.4) is 0 Å². The third kappa shape index (κ3) is 3.96. The minimum Gasteiger partial charge on any atom is -0.348 e. The van der Waals surface area contributed by atoms with Crippen molar-refractivity contribution in [1.29, 1.82) is 0 Å². The first-order chi connectivity index (χ1) is 13.9. The van der Waals surface area contributed by atoms with Gasteiger partial charge in [-0.1, -0.05) is 0 Å². The number of pyridine rings is 2. The van der Waals surface area contributed by atoms with Crippen LogP contribution in [0.1, 0.15) is 24.5 Å². The summed E-state index contributed by atoms with van der Waals surface area (Å²) in [5.74, 6) is 0.586. The van der Waals surface area contributed by atoms with E-state index in [1.807, 2.05) is 18.3 Å². The van der Waals surface area contributed by atoms with Gasteiger partial charge in [0.05, 0.1) is 6.54 Å². The van der Waals surface area contributed by atoms with Gasteiger partial charge in [-0.25, -0.2) is 4.98 Å². The predicted octanol–water partition coefficient (Wildman–Crippen LogP) is 2.20. The van der Waals surface area contributed by atoms with Crippen LogP contribution in [-0.2, 0) is 11.8 Å². The maximum atomic E-state index is 11.9. The van der Waals surface area contributed by atoms with Gasteiger partial charge in [0.2, 0.25) is 11.5 Å². The van der Waals surface area contributed by atoms with Gasteiger partial charge in [0.15, 0.2) is 0 Å². The molecule has 0 saturated carbocycles. The molecule has 7 heteroatoms. The van der Waals surface area contributed by atoms with E-state index in [1.54, 1.807) is 42.9 Å². The summed E-state index contributed by atoms with van der Waals surface area (Å²) in [7, 11) is 5.37. The standard InChI is InChI=1S/C22H27N5O2/c1-25(2)21(29)14-27-10-7-15(8-11-27)19-12-18-17(6-9-23-22(18)24-19)16-4-5-20(28)26(3)13-16/h4-6,9,12-13,15H,7-8,10-11,14H2,1-3H3,(H,23,24). The molecule has 4 rings (SSSR count). The highest BCUT2D eigenvalue weighted by Gasteiger charge is 2.24. The van der Waals surface area contributed by atoms with E-state index < -0.39 is 0 Å². The number of H-pyrrole nitrogens is 1. The smallest absolute Gasteiger partial charge is 0.250 e. The number of amides is 1. The van der Waals surface area contributed by atoms with Crippen molar-refractivity contribution in [2.45, 2.75) is 18.8 Å². The second kappa shape index (κ2) is 7.83. The van der Waals surface area contributed by atoms with Gasteiger partial charge < -0.3 is 14.5 Å². The number of nitrogens with zero attached hydrogens (tertiary/aromatic N) is 4. The minimum absolute atomic E-state index is 0.0201. The molecule has 1 N–H and O–H groups in total. The average Bonchev–Trinajstić information content (AvgIpc) is 3.15. The summed E-state index contributed by atoms with van der Waals surface area (Å²) in [6, 6.07) is 7.66. The monoisotopic (exact) mass is 393 g/mol. The number of fused-ring (bicyclic) bond motifs is 1. The van der Waals surface area contributed by atoms with Crippen LogP contribution in [0.5, 0.6) is 0 Å². The second-order valence-corrected chi connectivity index (χ2v) is 8.05. The Balaban J connectivity index is 1.55. The maximum absolute atomic E-state index is 11.9. The van der Waals surface area contributed by atoms with Gasteiger partial charge in [-0.2, -0.15) is 0 Å². The van der Waals surface area contributed by atoms with E-state index in [4.69, 9.17) is 0 Å². The number of likely N-dealkylation sites (N-methyl/N-ethyl adjacent to an activating group) is 1. The topological polar surface area (TPSA) is 74.2 Å². The molecule has 0 unspecified atom stereocenters. The Labute approximate surface area is 170 Å². The zero-order valence-electron chi connectivity index (χ0n) is 17.2. The van der Waals surface area contributed by atoms with Crippen molar-refractivity contribution in [3.63, 3.8) is 0 Å². The Bertz CT molecular complexity index is 1090. The Hall–Kier alpha value is -2.93. The molecule has 0 atom stereocenters. The summed E-state index contributed by atoms with van der Waals surface area (Å²) in [4.78, 5) is 35.6. The first-order valence-electron chi connectivity index (χ1n) is 9.99. The van der Waals surface area contributed by atoms with E-state index in [1.165, 1.54) is 5.69 Å². The highest BCUT2D eigenvalue weighted by atomic mass is 16.2. The van der Waals surface area contributed by atoms with E-state index in [9.17, 15) is 9.59 Å². The lowest BCUT2D eigenvalue weighted by Crippen LogP contribution is -2.40. The maximum Gasteiger partial charge on any atom is 0.250 e. The molecule has 3 aromatic heterocycles. The van der Waals surface area contributed by atoms with Crippen molar-refractivity contribution >= 4 is 16.9 Å². The molecular formula is C22H27N5O2. The number of aryl methyl sites for hydroxylation is 1. The largest absolute Gasteiger partial charge is 0.348 e. The van der Waals surface area contributed by atoms with Gasteiger partial charge in [-0.05, 0) is 55.3 Å². The van der Waals surface area contributed by atoms with Crippen LogP contribution in [-0.4, -0.2) is 64.0 Å². The summed E-state index contributed by atoms with van der Waals surface area (Å²) in [5.41, 5.74) is 4.12. The lowest BCUT2D eigenvalue weighted by molar-refractivity contribution is -0.130. The summed E-state index contributed by atoms with van der Waals surface area (Å²) in [6.45, 7) is 2.33. The number of piperidine rings is 1. The van der Waals surface area contributed by atoms with Crippen LogP contribution in [0.4, 0.5) is 0 Å². The summed E-state index contributed by atoms with van der Waals surface area (Å²) >= 11 is 0. The van der Waals surface area contributed by atoms with Crippen molar-refractivity contribution in [3.8, 4) is 11.1 Å². The predicted molar refractivity (Wildman–Crippen MR) is 114 cm³/mol. The normalized spacial score (nSPS) is 15.7. The lowest BCUT2D eigenvalue weighted by atomic mass is 9.93. The molecule has 1 saturated heterocycles. The van der Waals surface area contributed by atoms with E-state index >= 15 is 0 Å². The Morgan fingerprint density at radius 3 is 2.69 bits per heavy atom. The Morgan fingerprint density at radius 1 is 1.24 bits per heavy atom. The fraction of sp³-hybridized carbons (Fsp3) is 0.409. The van der Waals surface area contributed by atoms with Crippen molar-refractivity contribution in [2.24, 2.45) is 7.05 Å². The molecule has 0 aromatic carbocycles. The zero-order valence-corrected chi connectivity index (χ0v) is 17.2. The molecular weight excluding hydrogens is 366 g/mol. The number of nitrogens with one attached hydrogen (secondary N) is 1. The molecule has 0 aliphatic carbocycles. The van der Waals surface area contributed by atoms with Crippen LogP contribution in [0, 0.1) is 0 Å². The SMILES string of the molecule is CN(C)C(=O)CN1CCC(c2cc3c(-c4ccc(=O)n(C)c4)ccnc3[nH]2)CC1. The molecule has 0 bridgehead atoms. The third-order valence-corrected chi connectivity index (χ3v) is 5.83. The number of aromatic amines is 1. The fourth-order valence-corrected chi connectivity index (χ4v) is 4.01. The molecule has 29 heavy (non-hydrogen) atoms. The van der Waals surface area contributed by atoms with Crippen LogP contribution < -0.4 is 5.56 Å². The number of hydrogen-bond acceptors (Lipinski definition) is 4. The molecule has 1 aliphatic heterocycles.